The fourth-order valence-electron chi connectivity index (χ4n) is 5.30. The monoisotopic (exact) mass is 473 g/mol. The summed E-state index contributed by atoms with van der Waals surface area (Å²) in [5.74, 6) is 0.677. The summed E-state index contributed by atoms with van der Waals surface area (Å²) < 4.78 is 6.29. The molecule has 3 aliphatic rings. The molecular weight excluding hydrogens is 450 g/mol. The summed E-state index contributed by atoms with van der Waals surface area (Å²) in [5.41, 5.74) is 4.88. The van der Waals surface area contributed by atoms with Crippen molar-refractivity contribution in [1.29, 1.82) is 0 Å². The minimum absolute atomic E-state index is 0.0464. The van der Waals surface area contributed by atoms with Crippen molar-refractivity contribution >= 4 is 23.6 Å². The van der Waals surface area contributed by atoms with E-state index in [1.54, 1.807) is 17.3 Å². The van der Waals surface area contributed by atoms with Crippen LogP contribution < -0.4 is 4.74 Å². The van der Waals surface area contributed by atoms with Crippen LogP contribution in [-0.2, 0) is 23.2 Å². The van der Waals surface area contributed by atoms with Crippen molar-refractivity contribution in [2.75, 3.05) is 13.1 Å². The van der Waals surface area contributed by atoms with Crippen molar-refractivity contribution in [2.24, 2.45) is 0 Å². The topological polar surface area (TPSA) is 75.5 Å². The summed E-state index contributed by atoms with van der Waals surface area (Å²) in [6, 6.07) is 9.45. The van der Waals surface area contributed by atoms with E-state index in [0.717, 1.165) is 45.7 Å². The molecule has 6 rings (SSSR count). The molecule has 0 bridgehead atoms. The lowest BCUT2D eigenvalue weighted by Crippen LogP contribution is -2.49. The average molecular weight is 474 g/mol. The number of nitrogens with zero attached hydrogens (tertiary/aromatic N) is 3. The Labute approximate surface area is 202 Å². The zero-order valence-electron chi connectivity index (χ0n) is 18.6. The predicted molar refractivity (Wildman–Crippen MR) is 129 cm³/mol. The van der Waals surface area contributed by atoms with E-state index in [-0.39, 0.29) is 5.91 Å². The number of rotatable bonds is 3. The van der Waals surface area contributed by atoms with Crippen molar-refractivity contribution < 1.29 is 14.6 Å². The molecule has 1 amide bonds. The number of pyridine rings is 2. The number of likely N-dealkylation sites (tertiary alicyclic amines) is 1. The van der Waals surface area contributed by atoms with Crippen LogP contribution >= 0.6 is 11.6 Å². The number of ether oxygens (including phenoxy) is 1. The molecule has 2 aliphatic heterocycles. The van der Waals surface area contributed by atoms with Crippen molar-refractivity contribution in [3.63, 3.8) is 0 Å². The van der Waals surface area contributed by atoms with Gasteiger partial charge in [-0.15, -0.1) is 0 Å². The van der Waals surface area contributed by atoms with Crippen LogP contribution in [0.15, 0.2) is 55.0 Å². The Morgan fingerprint density at radius 2 is 1.91 bits per heavy atom. The van der Waals surface area contributed by atoms with Gasteiger partial charge in [-0.25, -0.2) is 0 Å². The molecule has 3 aromatic rings. The van der Waals surface area contributed by atoms with Crippen molar-refractivity contribution in [2.45, 2.75) is 37.4 Å². The lowest BCUT2D eigenvalue weighted by molar-refractivity contribution is -0.142. The number of carbonyl (C=O) groups is 1. The van der Waals surface area contributed by atoms with Gasteiger partial charge in [0.15, 0.2) is 6.10 Å². The molecule has 0 radical (unpaired) electrons. The first-order valence-corrected chi connectivity index (χ1v) is 12.0. The molecule has 172 valence electrons. The molecule has 1 aromatic carbocycles. The molecule has 7 heteroatoms. The van der Waals surface area contributed by atoms with Gasteiger partial charge in [-0.05, 0) is 54.3 Å². The molecule has 0 spiro atoms. The smallest absolute Gasteiger partial charge is 0.263 e. The third-order valence-electron chi connectivity index (χ3n) is 7.15. The minimum atomic E-state index is -0.935. The Kier molecular flexibility index (Phi) is 5.15. The second-order valence-corrected chi connectivity index (χ2v) is 9.61. The van der Waals surface area contributed by atoms with Gasteiger partial charge in [0.25, 0.3) is 5.91 Å². The zero-order valence-corrected chi connectivity index (χ0v) is 19.3. The Bertz CT molecular complexity index is 1300. The van der Waals surface area contributed by atoms with Crippen LogP contribution in [0.1, 0.15) is 35.2 Å². The van der Waals surface area contributed by atoms with E-state index in [2.05, 4.69) is 22.1 Å². The number of fused-ring (bicyclic) bond motifs is 2. The number of halogens is 1. The molecule has 4 heterocycles. The number of amides is 1. The van der Waals surface area contributed by atoms with Crippen LogP contribution in [0.3, 0.4) is 0 Å². The van der Waals surface area contributed by atoms with Gasteiger partial charge in [-0.2, -0.15) is 0 Å². The predicted octanol–water partition coefficient (Wildman–Crippen LogP) is 4.18. The lowest BCUT2D eigenvalue weighted by atomic mass is 9.85. The van der Waals surface area contributed by atoms with Crippen LogP contribution in [-0.4, -0.2) is 45.1 Å². The highest BCUT2D eigenvalue weighted by Crippen LogP contribution is 2.44. The molecule has 1 saturated heterocycles. The van der Waals surface area contributed by atoms with Gasteiger partial charge in [0.1, 0.15) is 5.75 Å². The third-order valence-corrected chi connectivity index (χ3v) is 7.37. The first-order valence-electron chi connectivity index (χ1n) is 11.6. The van der Waals surface area contributed by atoms with Gasteiger partial charge in [0, 0.05) is 66.2 Å². The lowest BCUT2D eigenvalue weighted by Gasteiger charge is -2.39. The van der Waals surface area contributed by atoms with Gasteiger partial charge in [-0.3, -0.25) is 14.8 Å². The number of allylic oxidation sites excluding steroid dienone is 1. The molecule has 1 fully saturated rings. The van der Waals surface area contributed by atoms with Crippen LogP contribution in [0, 0.1) is 0 Å². The normalized spacial score (nSPS) is 20.1. The van der Waals surface area contributed by atoms with Gasteiger partial charge in [0.05, 0.1) is 11.3 Å². The standard InChI is InChI=1S/C27H24ClN3O3/c28-19-14-17-15-24(26(32)31-12-7-27(33,8-13-31)18-4-9-29-10-5-18)34-25(17)22(16-19)20-6-11-30-23-3-1-2-21(20)23/h1-2,4-6,9-11,14,16,24,33H,3,7-8,12-13,15H2. The van der Waals surface area contributed by atoms with E-state index in [1.807, 2.05) is 36.5 Å². The number of aromatic nitrogens is 2. The van der Waals surface area contributed by atoms with E-state index < -0.39 is 11.7 Å². The maximum Gasteiger partial charge on any atom is 0.263 e. The maximum atomic E-state index is 13.4. The van der Waals surface area contributed by atoms with Crippen molar-refractivity contribution in [3.05, 3.63) is 82.4 Å². The number of aliphatic hydroxyl groups is 1. The largest absolute Gasteiger partial charge is 0.479 e. The van der Waals surface area contributed by atoms with Crippen molar-refractivity contribution in [3.8, 4) is 16.9 Å². The zero-order chi connectivity index (χ0) is 23.3. The Morgan fingerprint density at radius 3 is 2.71 bits per heavy atom. The molecule has 6 nitrogen and oxygen atoms in total. The fourth-order valence-corrected chi connectivity index (χ4v) is 5.54. The minimum Gasteiger partial charge on any atom is -0.479 e. The Balaban J connectivity index is 1.22. The molecule has 1 atom stereocenters. The highest BCUT2D eigenvalue weighted by atomic mass is 35.5. The van der Waals surface area contributed by atoms with E-state index in [4.69, 9.17) is 16.3 Å². The summed E-state index contributed by atoms with van der Waals surface area (Å²) in [6.45, 7) is 0.953. The summed E-state index contributed by atoms with van der Waals surface area (Å²) in [7, 11) is 0. The Hall–Kier alpha value is -3.22. The molecule has 34 heavy (non-hydrogen) atoms. The second-order valence-electron chi connectivity index (χ2n) is 9.17. The first-order chi connectivity index (χ1) is 16.5. The highest BCUT2D eigenvalue weighted by molar-refractivity contribution is 6.31. The molecular formula is C27H24ClN3O3. The highest BCUT2D eigenvalue weighted by Gasteiger charge is 2.40. The van der Waals surface area contributed by atoms with E-state index >= 15 is 0 Å². The van der Waals surface area contributed by atoms with Crippen molar-refractivity contribution in [1.82, 2.24) is 14.9 Å². The van der Waals surface area contributed by atoms with Gasteiger partial charge in [0.2, 0.25) is 0 Å². The molecule has 1 aliphatic carbocycles. The average Bonchev–Trinajstić information content (AvgIpc) is 3.51. The summed E-state index contributed by atoms with van der Waals surface area (Å²) >= 11 is 6.48. The van der Waals surface area contributed by atoms with Gasteiger partial charge in [-0.1, -0.05) is 23.8 Å². The van der Waals surface area contributed by atoms with Gasteiger partial charge >= 0.3 is 0 Å². The fraction of sp³-hybridized carbons (Fsp3) is 0.296. The number of benzene rings is 1. The quantitative estimate of drug-likeness (QED) is 0.617. The van der Waals surface area contributed by atoms with E-state index in [0.29, 0.717) is 37.4 Å². The molecule has 1 N–H and O–H groups in total. The first kappa shape index (κ1) is 21.3. The van der Waals surface area contributed by atoms with Crippen LogP contribution in [0.4, 0.5) is 0 Å². The number of hydrogen-bond acceptors (Lipinski definition) is 5. The number of piperidine rings is 1. The second kappa shape index (κ2) is 8.22. The van der Waals surface area contributed by atoms with Gasteiger partial charge < -0.3 is 14.7 Å². The SMILES string of the molecule is O=C(C1Cc2cc(Cl)cc(-c3ccnc4c3C=CC4)c2O1)N1CCC(O)(c2ccncc2)CC1. The Morgan fingerprint density at radius 1 is 1.12 bits per heavy atom. The summed E-state index contributed by atoms with van der Waals surface area (Å²) in [6.07, 6.45) is 11.0. The summed E-state index contributed by atoms with van der Waals surface area (Å²) in [5, 5.41) is 11.7. The van der Waals surface area contributed by atoms with E-state index in [1.165, 1.54) is 0 Å². The number of hydrogen-bond donors (Lipinski definition) is 1. The maximum absolute atomic E-state index is 13.4. The number of carbonyl (C=O) groups excluding carboxylic acids is 1. The molecule has 2 aromatic heterocycles. The van der Waals surface area contributed by atoms with Crippen LogP contribution in [0.2, 0.25) is 5.02 Å². The van der Waals surface area contributed by atoms with Crippen LogP contribution in [0.25, 0.3) is 17.2 Å². The third kappa shape index (κ3) is 3.58. The van der Waals surface area contributed by atoms with E-state index in [9.17, 15) is 9.90 Å². The van der Waals surface area contributed by atoms with Crippen LogP contribution in [0.5, 0.6) is 5.75 Å². The molecule has 1 unspecified atom stereocenters. The molecule has 0 saturated carbocycles. The summed E-state index contributed by atoms with van der Waals surface area (Å²) in [4.78, 5) is 23.7.